The summed E-state index contributed by atoms with van der Waals surface area (Å²) < 4.78 is 6.21. The van der Waals surface area contributed by atoms with Crippen molar-refractivity contribution in [3.8, 4) is 0 Å². The van der Waals surface area contributed by atoms with Crippen molar-refractivity contribution in [3.05, 3.63) is 58.0 Å². The molecule has 0 bridgehead atoms. The second kappa shape index (κ2) is 13.2. The predicted molar refractivity (Wildman–Crippen MR) is 180 cm³/mol. The second-order valence-electron chi connectivity index (χ2n) is 16.8. The Bertz CT molecular complexity index is 1140. The van der Waals surface area contributed by atoms with Gasteiger partial charge >= 0.3 is 0 Å². The van der Waals surface area contributed by atoms with Crippen LogP contribution in [0.1, 0.15) is 96.5 Å². The van der Waals surface area contributed by atoms with E-state index in [1.165, 1.54) is 0 Å². The van der Waals surface area contributed by atoms with Crippen LogP contribution in [0.25, 0.3) is 0 Å². The first-order valence-corrected chi connectivity index (χ1v) is 21.9. The number of hydrogen-bond donors (Lipinski definition) is 0. The summed E-state index contributed by atoms with van der Waals surface area (Å²) in [6.45, 7) is 40.6. The Morgan fingerprint density at radius 3 is 0.878 bits per heavy atom. The standard InChI is InChI=1S/C24H39BN6.C7H19Si2.Sm/c1-16-13-19(22(4,5)6)26-29(16)25(30-17(2)14-20(27-30)23(7,8)9)31-18(3)15-21(28-31)24(10,11)12;1-8(2,3)7-9(4,5)6;/h13-15H,1-12H3;7H,1-6H3;/q2*-1;. The minimum Gasteiger partial charge on any atom is -0.422 e. The van der Waals surface area contributed by atoms with E-state index in [0.717, 1.165) is 34.2 Å². The molecule has 1 radical (unpaired) electrons. The summed E-state index contributed by atoms with van der Waals surface area (Å²) in [7, 11) is -2.01. The molecule has 0 atom stereocenters. The fourth-order valence-corrected chi connectivity index (χ4v) is 15.3. The Morgan fingerprint density at radius 2 is 0.756 bits per heavy atom. The molecule has 41 heavy (non-hydrogen) atoms. The van der Waals surface area contributed by atoms with Crippen molar-refractivity contribution in [1.82, 2.24) is 29.1 Å². The van der Waals surface area contributed by atoms with Gasteiger partial charge in [-0.1, -0.05) is 102 Å². The fraction of sp³-hybridized carbons (Fsp3) is 0.677. The summed E-state index contributed by atoms with van der Waals surface area (Å²) in [4.78, 5) is 0. The Balaban J connectivity index is 0.000000728. The van der Waals surface area contributed by atoms with E-state index < -0.39 is 16.1 Å². The van der Waals surface area contributed by atoms with Crippen molar-refractivity contribution in [2.24, 2.45) is 0 Å². The molecule has 231 valence electrons. The van der Waals surface area contributed by atoms with Gasteiger partial charge in [0, 0.05) is 56.6 Å². The van der Waals surface area contributed by atoms with Gasteiger partial charge in [-0.25, -0.2) is 15.3 Å². The summed E-state index contributed by atoms with van der Waals surface area (Å²) in [6.07, 6.45) is 0. The quantitative estimate of drug-likeness (QED) is 0.198. The van der Waals surface area contributed by atoms with Gasteiger partial charge in [0.25, 0.3) is 7.12 Å². The molecule has 3 heterocycles. The molecule has 0 unspecified atom stereocenters. The average Bonchev–Trinajstić information content (AvgIpc) is 3.37. The van der Waals surface area contributed by atoms with Crippen LogP contribution < -0.4 is 0 Å². The van der Waals surface area contributed by atoms with Gasteiger partial charge in [-0.2, -0.15) is 0 Å². The summed E-state index contributed by atoms with van der Waals surface area (Å²) in [5, 5.41) is 15.2. The Labute approximate surface area is 287 Å². The number of rotatable bonds is 5. The van der Waals surface area contributed by atoms with Gasteiger partial charge in [0.1, 0.15) is 0 Å². The number of hydrogen-bond acceptors (Lipinski definition) is 3. The third-order valence-corrected chi connectivity index (χ3v) is 13.5. The van der Waals surface area contributed by atoms with Crippen molar-refractivity contribution in [3.63, 3.8) is 0 Å². The van der Waals surface area contributed by atoms with Crippen molar-refractivity contribution >= 4 is 23.3 Å². The third kappa shape index (κ3) is 10.8. The zero-order valence-corrected chi connectivity index (χ0v) is 34.1. The summed E-state index contributed by atoms with van der Waals surface area (Å²) in [5.74, 6) is 0. The topological polar surface area (TPSA) is 53.5 Å². The summed E-state index contributed by atoms with van der Waals surface area (Å²) in [5.41, 5.74) is 9.02. The van der Waals surface area contributed by atoms with Crippen molar-refractivity contribution < 1.29 is 40.4 Å². The Morgan fingerprint density at radius 1 is 0.537 bits per heavy atom. The number of nitrogens with zero attached hydrogens (tertiary/aromatic N) is 6. The smallest absolute Gasteiger partial charge is 0.261 e. The molecule has 0 fully saturated rings. The van der Waals surface area contributed by atoms with Crippen molar-refractivity contribution in [2.45, 2.75) is 139 Å². The van der Waals surface area contributed by atoms with Crippen LogP contribution in [0.5, 0.6) is 0 Å². The van der Waals surface area contributed by atoms with E-state index in [2.05, 4.69) is 160 Å². The molecule has 0 aliphatic carbocycles. The Hall–Kier alpha value is -0.534. The van der Waals surface area contributed by atoms with E-state index in [-0.39, 0.29) is 63.8 Å². The van der Waals surface area contributed by atoms with Crippen LogP contribution >= 0.6 is 0 Å². The first-order chi connectivity index (χ1) is 17.7. The van der Waals surface area contributed by atoms with Crippen molar-refractivity contribution in [2.75, 3.05) is 0 Å². The van der Waals surface area contributed by atoms with Crippen LogP contribution in [0.3, 0.4) is 0 Å². The molecule has 0 aliphatic rings. The molecular formula is C31H58BN6Si2Sm-2. The first-order valence-electron chi connectivity index (χ1n) is 14.8. The number of aryl methyl sites for hydroxylation is 3. The van der Waals surface area contributed by atoms with Gasteiger partial charge in [0.2, 0.25) is 0 Å². The molecule has 0 saturated heterocycles. The van der Waals surface area contributed by atoms with Crippen LogP contribution in [-0.2, 0) is 16.2 Å². The molecule has 0 aromatic carbocycles. The van der Waals surface area contributed by atoms with Crippen molar-refractivity contribution in [1.29, 1.82) is 0 Å². The molecule has 3 aromatic heterocycles. The fourth-order valence-electron chi connectivity index (χ4n) is 4.87. The van der Waals surface area contributed by atoms with Crippen LogP contribution in [0, 0.1) is 66.8 Å². The molecule has 6 nitrogen and oxygen atoms in total. The molecule has 0 N–H and O–H groups in total. The van der Waals surface area contributed by atoms with Crippen LogP contribution in [0.15, 0.2) is 18.2 Å². The average molecular weight is 732 g/mol. The van der Waals surface area contributed by atoms with Gasteiger partial charge in [-0.05, 0) is 56.1 Å². The third-order valence-electron chi connectivity index (χ3n) is 6.59. The van der Waals surface area contributed by atoms with E-state index in [0.29, 0.717) is 0 Å². The maximum absolute atomic E-state index is 5.05. The summed E-state index contributed by atoms with van der Waals surface area (Å²) in [6, 6.07) is 6.54. The van der Waals surface area contributed by atoms with E-state index in [9.17, 15) is 0 Å². The van der Waals surface area contributed by atoms with E-state index >= 15 is 0 Å². The van der Waals surface area contributed by atoms with Gasteiger partial charge in [0.05, 0.1) is 17.1 Å². The summed E-state index contributed by atoms with van der Waals surface area (Å²) >= 11 is 0. The normalized spacial score (nSPS) is 13.2. The SMILES string of the molecule is C[Si](C)(C)[CH-][Si](C)(C)C.Cc1cc(C(C)(C)C)nn1[B-](n1nc(C(C)(C)C)cc1C)n1nc(C(C)(C)C)cc1C.[Sm]. The van der Waals surface area contributed by atoms with Gasteiger partial charge in [-0.15, -0.1) is 16.1 Å². The van der Waals surface area contributed by atoms with E-state index in [4.69, 9.17) is 15.3 Å². The minimum atomic E-state index is -0.856. The molecule has 0 spiro atoms. The number of aromatic nitrogens is 6. The predicted octanol–water partition coefficient (Wildman–Crippen LogP) is 7.97. The van der Waals surface area contributed by atoms with E-state index in [1.54, 1.807) is 0 Å². The first kappa shape index (κ1) is 38.5. The van der Waals surface area contributed by atoms with Crippen LogP contribution in [0.4, 0.5) is 0 Å². The molecule has 3 aromatic rings. The van der Waals surface area contributed by atoms with Gasteiger partial charge < -0.3 is 19.4 Å². The monoisotopic (exact) mass is 733 g/mol. The molecule has 0 aliphatic heterocycles. The second-order valence-corrected chi connectivity index (χ2v) is 27.4. The zero-order chi connectivity index (χ0) is 31.2. The molecule has 10 heteroatoms. The van der Waals surface area contributed by atoms with Crippen LogP contribution in [-0.4, -0.2) is 52.3 Å². The molecular weight excluding hydrogens is 674 g/mol. The van der Waals surface area contributed by atoms with E-state index in [1.807, 2.05) is 0 Å². The maximum atomic E-state index is 5.05. The Kier molecular flexibility index (Phi) is 12.4. The molecule has 0 amide bonds. The van der Waals surface area contributed by atoms with Crippen LogP contribution in [0.2, 0.25) is 39.3 Å². The molecule has 0 saturated carbocycles. The molecule has 3 rings (SSSR count). The largest absolute Gasteiger partial charge is 0.422 e. The zero-order valence-electron chi connectivity index (χ0n) is 29.5. The minimum absolute atomic E-state index is 0. The van der Waals surface area contributed by atoms with Gasteiger partial charge in [-0.3, -0.25) is 0 Å². The van der Waals surface area contributed by atoms with Gasteiger partial charge in [0.15, 0.2) is 0 Å². The maximum Gasteiger partial charge on any atom is 0.261 e.